The molecule has 1 unspecified atom stereocenters. The van der Waals surface area contributed by atoms with Crippen molar-refractivity contribution in [3.8, 4) is 0 Å². The fourth-order valence-corrected chi connectivity index (χ4v) is 12.2. The number of fused-ring (bicyclic) bond motifs is 6. The molecule has 0 bridgehead atoms. The van der Waals surface area contributed by atoms with Crippen LogP contribution < -0.4 is 9.34 Å². The van der Waals surface area contributed by atoms with Crippen molar-refractivity contribution in [2.75, 3.05) is 35.5 Å². The van der Waals surface area contributed by atoms with Gasteiger partial charge < -0.3 is 16.8 Å². The van der Waals surface area contributed by atoms with Crippen molar-refractivity contribution >= 4 is 60.2 Å². The van der Waals surface area contributed by atoms with E-state index in [0.29, 0.717) is 0 Å². The number of aryl methyl sites for hydroxylation is 1. The highest BCUT2D eigenvalue weighted by Gasteiger charge is 2.33. The van der Waals surface area contributed by atoms with Gasteiger partial charge in [0, 0.05) is 70.0 Å². The summed E-state index contributed by atoms with van der Waals surface area (Å²) < 4.78 is 34.8. The van der Waals surface area contributed by atoms with E-state index in [4.69, 9.17) is 16.8 Å². The molecule has 1 atom stereocenters. The van der Waals surface area contributed by atoms with E-state index in [-0.39, 0.29) is 37.9 Å². The molecule has 1 saturated heterocycles. The van der Waals surface area contributed by atoms with Gasteiger partial charge in [0.15, 0.2) is 0 Å². The van der Waals surface area contributed by atoms with Gasteiger partial charge in [-0.15, -0.1) is 0 Å². The lowest BCUT2D eigenvalue weighted by Crippen LogP contribution is -2.27. The average molecular weight is 935 g/mol. The van der Waals surface area contributed by atoms with Crippen molar-refractivity contribution in [3.63, 3.8) is 0 Å². The van der Waals surface area contributed by atoms with Crippen molar-refractivity contribution < 1.29 is 16.8 Å². The number of rotatable bonds is 2. The van der Waals surface area contributed by atoms with Crippen LogP contribution in [-0.4, -0.2) is 26.2 Å². The highest BCUT2D eigenvalue weighted by Crippen LogP contribution is 2.49. The molecule has 360 valence electrons. The highest BCUT2D eigenvalue weighted by atomic mass is 31.1. The zero-order chi connectivity index (χ0) is 49.1. The molecule has 3 heterocycles. The summed E-state index contributed by atoms with van der Waals surface area (Å²) in [7, 11) is -3.11. The summed E-state index contributed by atoms with van der Waals surface area (Å²) in [5, 5.41) is 4.53. The van der Waals surface area contributed by atoms with E-state index in [2.05, 4.69) is 210 Å². The highest BCUT2D eigenvalue weighted by molar-refractivity contribution is 7.39. The van der Waals surface area contributed by atoms with E-state index in [0.717, 1.165) is 76.5 Å². The van der Waals surface area contributed by atoms with E-state index in [1.165, 1.54) is 44.5 Å². The number of nitrogens with zero attached hydrogens (tertiary/aromatic N) is 2. The van der Waals surface area contributed by atoms with Crippen LogP contribution in [0.4, 0.5) is 0 Å². The van der Waals surface area contributed by atoms with Crippen LogP contribution in [0.3, 0.4) is 0 Å². The third-order valence-electron chi connectivity index (χ3n) is 13.5. The minimum Gasteiger partial charge on any atom is -0.407 e. The van der Waals surface area contributed by atoms with Crippen molar-refractivity contribution in [2.45, 2.75) is 197 Å². The average Bonchev–Trinajstić information content (AvgIpc) is 3.57. The zero-order valence-electron chi connectivity index (χ0n) is 45.1. The molecular formula is C58H84N2O4P2. The smallest absolute Gasteiger partial charge is 0.309 e. The SMILES string of the molecule is Cc1cc(C(C)(C)C)c2op(N3CCCN(p4oc5c(C(C)(C)C)cc(C(C)(C)C)cc5c5cc(C(C)(C)C)cc(C(C)(C)C)c5o4)CC3)oc3c(C(C)(C)C)cc(C(C)(C)C)cc3c2c1. The third kappa shape index (κ3) is 10.2. The molecule has 1 aliphatic rings. The Bertz CT molecular complexity index is 2810. The standard InChI is InChI=1S/C58H84N2O4P2/c1-36-28-40-41-30-37(52(2,3)4)33-45(56(14,15)16)49(41)62-65(61-48(40)44(29-36)55(11,12)13)59-24-23-25-60(27-26-59)66-63-50-42(31-38(53(5,6)7)34-46(50)57(17,18)19)43-32-39(54(8,9)10)35-47(51(43)64-66)58(20,21)22/h28-35H,23-27H2,1-22H3. The first-order valence-corrected chi connectivity index (χ1v) is 26.8. The van der Waals surface area contributed by atoms with Crippen molar-refractivity contribution in [2.24, 2.45) is 0 Å². The Balaban J connectivity index is 1.49. The van der Waals surface area contributed by atoms with Crippen LogP contribution in [0.25, 0.3) is 43.9 Å². The van der Waals surface area contributed by atoms with Crippen LogP contribution in [0.15, 0.2) is 65.3 Å². The van der Waals surface area contributed by atoms with E-state index in [1.54, 1.807) is 0 Å². The predicted molar refractivity (Wildman–Crippen MR) is 289 cm³/mol. The summed E-state index contributed by atoms with van der Waals surface area (Å²) in [4.78, 5) is 0. The topological polar surface area (TPSA) is 59.0 Å². The Morgan fingerprint density at radius 2 is 0.591 bits per heavy atom. The lowest BCUT2D eigenvalue weighted by molar-refractivity contribution is 0.551. The number of hydrogen-bond donors (Lipinski definition) is 0. The van der Waals surface area contributed by atoms with Crippen LogP contribution >= 0.6 is 16.3 Å². The first kappa shape index (κ1) is 50.5. The molecule has 7 rings (SSSR count). The van der Waals surface area contributed by atoms with Crippen molar-refractivity contribution in [1.29, 1.82) is 0 Å². The van der Waals surface area contributed by atoms with Gasteiger partial charge in [-0.2, -0.15) is 0 Å². The fraction of sp³-hybridized carbons (Fsp3) is 0.586. The van der Waals surface area contributed by atoms with Gasteiger partial charge in [0.1, 0.15) is 22.3 Å². The molecule has 6 nitrogen and oxygen atoms in total. The van der Waals surface area contributed by atoms with E-state index in [1.807, 2.05) is 0 Å². The molecule has 0 spiro atoms. The molecule has 0 N–H and O–H groups in total. The van der Waals surface area contributed by atoms with Crippen LogP contribution in [0.2, 0.25) is 0 Å². The second-order valence-corrected chi connectivity index (χ2v) is 29.6. The molecule has 66 heavy (non-hydrogen) atoms. The Hall–Kier alpha value is -3.40. The Labute approximate surface area is 400 Å². The summed E-state index contributed by atoms with van der Waals surface area (Å²) >= 11 is 0. The minimum absolute atomic E-state index is 0.0476. The lowest BCUT2D eigenvalue weighted by atomic mass is 9.77. The van der Waals surface area contributed by atoms with Gasteiger partial charge in [0.2, 0.25) is 0 Å². The summed E-state index contributed by atoms with van der Waals surface area (Å²) in [5.74, 6) is 0. The maximum Gasteiger partial charge on any atom is 0.309 e. The molecule has 0 saturated carbocycles. The van der Waals surface area contributed by atoms with Gasteiger partial charge in [-0.3, -0.25) is 0 Å². The Kier molecular flexibility index (Phi) is 12.9. The largest absolute Gasteiger partial charge is 0.407 e. The molecule has 4 aromatic carbocycles. The summed E-state index contributed by atoms with van der Waals surface area (Å²) in [6.45, 7) is 53.9. The second kappa shape index (κ2) is 16.9. The van der Waals surface area contributed by atoms with Crippen molar-refractivity contribution in [3.05, 3.63) is 93.0 Å². The van der Waals surface area contributed by atoms with Gasteiger partial charge in [0.25, 0.3) is 0 Å². The predicted octanol–water partition coefficient (Wildman–Crippen LogP) is 18.3. The van der Waals surface area contributed by atoms with Gasteiger partial charge in [-0.25, -0.2) is 9.34 Å². The molecule has 6 aromatic rings. The maximum atomic E-state index is 7.50. The van der Waals surface area contributed by atoms with Gasteiger partial charge in [-0.1, -0.05) is 170 Å². The van der Waals surface area contributed by atoms with Crippen LogP contribution in [0.1, 0.15) is 196 Å². The van der Waals surface area contributed by atoms with Crippen molar-refractivity contribution in [1.82, 2.24) is 0 Å². The zero-order valence-corrected chi connectivity index (χ0v) is 46.9. The van der Waals surface area contributed by atoms with Gasteiger partial charge in [0.05, 0.1) is 0 Å². The first-order valence-electron chi connectivity index (χ1n) is 24.6. The Morgan fingerprint density at radius 3 is 0.848 bits per heavy atom. The quantitative estimate of drug-likeness (QED) is 0.172. The molecule has 0 radical (unpaired) electrons. The monoisotopic (exact) mass is 935 g/mol. The number of hydrogen-bond acceptors (Lipinski definition) is 6. The first-order chi connectivity index (χ1) is 30.0. The molecule has 1 fully saturated rings. The molecule has 8 heteroatoms. The van der Waals surface area contributed by atoms with E-state index < -0.39 is 16.3 Å². The maximum absolute atomic E-state index is 7.50. The third-order valence-corrected chi connectivity index (χ3v) is 16.6. The molecule has 2 aromatic heterocycles. The van der Waals surface area contributed by atoms with E-state index >= 15 is 0 Å². The normalized spacial score (nSPS) is 16.2. The summed E-state index contributed by atoms with van der Waals surface area (Å²) in [6.07, 6.45) is 0.913. The Morgan fingerprint density at radius 1 is 0.333 bits per heavy atom. The molecule has 1 aliphatic heterocycles. The van der Waals surface area contributed by atoms with Crippen LogP contribution in [0.5, 0.6) is 0 Å². The molecule has 0 amide bonds. The second-order valence-electron chi connectivity index (χ2n) is 26.7. The minimum atomic E-state index is -1.56. The van der Waals surface area contributed by atoms with Crippen LogP contribution in [0, 0.1) is 6.92 Å². The number of benzene rings is 4. The van der Waals surface area contributed by atoms with Gasteiger partial charge >= 0.3 is 16.3 Å². The van der Waals surface area contributed by atoms with E-state index in [9.17, 15) is 0 Å². The molecular weight excluding hydrogens is 851 g/mol. The fourth-order valence-electron chi connectivity index (χ4n) is 9.18. The van der Waals surface area contributed by atoms with Gasteiger partial charge in [-0.05, 0) is 97.8 Å². The van der Waals surface area contributed by atoms with Crippen LogP contribution in [-0.2, 0) is 37.9 Å². The summed E-state index contributed by atoms with van der Waals surface area (Å²) in [5.41, 5.74) is 13.0. The molecule has 0 aliphatic carbocycles. The lowest BCUT2D eigenvalue weighted by Gasteiger charge is -2.27. The summed E-state index contributed by atoms with van der Waals surface area (Å²) in [6, 6.07) is 19.0.